The fraction of sp³-hybridized carbons (Fsp3) is 0.625. The van der Waals surface area contributed by atoms with Crippen LogP contribution in [-0.4, -0.2) is 69.9 Å². The average molecular weight is 590 g/mol. The quantitative estimate of drug-likeness (QED) is 0.105. The predicted molar refractivity (Wildman–Crippen MR) is 151 cm³/mol. The van der Waals surface area contributed by atoms with E-state index in [1.165, 1.54) is 26.7 Å². The summed E-state index contributed by atoms with van der Waals surface area (Å²) >= 11 is 0. The number of hydrogen-bond acceptors (Lipinski definition) is 9. The van der Waals surface area contributed by atoms with Crippen LogP contribution < -0.4 is 21.3 Å². The minimum absolute atomic E-state index is 0.106. The summed E-state index contributed by atoms with van der Waals surface area (Å²) in [6.45, 7) is 8.50. The molecule has 2 bridgehead atoms. The molecule has 5 atom stereocenters. The lowest BCUT2D eigenvalue weighted by molar-refractivity contribution is -0.153. The minimum atomic E-state index is -1.30. The SMILES string of the molecule is C/C=C1\NC(=O)[C@H]2C[S+](O)SSCC/C=C/[C@H](CC(=O)N[C@H](C(C)C)C(=O)N2)OC(=O)[C@H](C(C)C)NC1=O. The van der Waals surface area contributed by atoms with Crippen molar-refractivity contribution in [1.82, 2.24) is 21.3 Å². The molecule has 4 amide bonds. The Kier molecular flexibility index (Phi) is 13.0. The molecule has 0 aromatic heterocycles. The second kappa shape index (κ2) is 15.4. The lowest BCUT2D eigenvalue weighted by Crippen LogP contribution is -2.58. The molecule has 1 unspecified atom stereocenters. The van der Waals surface area contributed by atoms with E-state index in [0.29, 0.717) is 12.2 Å². The zero-order valence-corrected chi connectivity index (χ0v) is 24.6. The number of carbonyl (C=O) groups is 5. The monoisotopic (exact) mass is 589 g/mol. The second-order valence-corrected chi connectivity index (χ2v) is 14.8. The van der Waals surface area contributed by atoms with Gasteiger partial charge in [0.1, 0.15) is 23.9 Å². The zero-order valence-electron chi connectivity index (χ0n) is 22.1. The van der Waals surface area contributed by atoms with Crippen molar-refractivity contribution < 1.29 is 33.3 Å². The molecular formula is C24H37N4O7S3+. The van der Waals surface area contributed by atoms with Gasteiger partial charge in [0.05, 0.1) is 6.42 Å². The Balaban J connectivity index is 2.59. The maximum Gasteiger partial charge on any atom is 0.329 e. The van der Waals surface area contributed by atoms with Crippen molar-refractivity contribution >= 4 is 60.4 Å². The van der Waals surface area contributed by atoms with E-state index in [2.05, 4.69) is 21.3 Å². The van der Waals surface area contributed by atoms with Gasteiger partial charge in [-0.25, -0.2) is 4.79 Å². The molecule has 0 aromatic carbocycles. The fourth-order valence-electron chi connectivity index (χ4n) is 3.59. The van der Waals surface area contributed by atoms with Gasteiger partial charge in [0.25, 0.3) is 11.8 Å². The van der Waals surface area contributed by atoms with Gasteiger partial charge in [0.15, 0.2) is 11.8 Å². The van der Waals surface area contributed by atoms with Gasteiger partial charge in [-0.1, -0.05) is 39.8 Å². The highest BCUT2D eigenvalue weighted by molar-refractivity contribution is 9.06. The van der Waals surface area contributed by atoms with Gasteiger partial charge < -0.3 is 26.0 Å². The summed E-state index contributed by atoms with van der Waals surface area (Å²) in [5, 5.41) is 10.4. The third-order valence-corrected chi connectivity index (χ3v) is 10.9. The van der Waals surface area contributed by atoms with Crippen LogP contribution >= 0.6 is 20.6 Å². The van der Waals surface area contributed by atoms with Crippen molar-refractivity contribution in [2.24, 2.45) is 11.8 Å². The van der Waals surface area contributed by atoms with Crippen molar-refractivity contribution in [3.8, 4) is 0 Å². The van der Waals surface area contributed by atoms with Gasteiger partial charge in [-0.15, -0.1) is 0 Å². The first-order valence-electron chi connectivity index (χ1n) is 12.4. The molecule has 11 nitrogen and oxygen atoms in total. The molecule has 0 spiro atoms. The molecule has 212 valence electrons. The number of amides is 4. The van der Waals surface area contributed by atoms with Crippen molar-refractivity contribution in [2.45, 2.75) is 71.7 Å². The van der Waals surface area contributed by atoms with Crippen LogP contribution in [0.15, 0.2) is 23.9 Å². The number of nitrogens with one attached hydrogen (secondary N) is 4. The molecule has 0 aromatic rings. The molecule has 2 heterocycles. The van der Waals surface area contributed by atoms with Gasteiger partial charge in [0, 0.05) is 5.75 Å². The fourth-order valence-corrected chi connectivity index (χ4v) is 8.09. The molecule has 0 aliphatic carbocycles. The lowest BCUT2D eigenvalue weighted by Gasteiger charge is -2.27. The number of allylic oxidation sites excluding steroid dienone is 2. The molecule has 2 rings (SSSR count). The summed E-state index contributed by atoms with van der Waals surface area (Å²) in [6.07, 6.45) is 4.19. The van der Waals surface area contributed by atoms with Gasteiger partial charge >= 0.3 is 5.97 Å². The van der Waals surface area contributed by atoms with Crippen LogP contribution in [0.1, 0.15) is 47.5 Å². The van der Waals surface area contributed by atoms with Crippen LogP contribution in [0.3, 0.4) is 0 Å². The van der Waals surface area contributed by atoms with E-state index in [1.54, 1.807) is 46.8 Å². The first-order chi connectivity index (χ1) is 17.9. The highest BCUT2D eigenvalue weighted by atomic mass is 33.5. The topological polar surface area (TPSA) is 163 Å². The number of rotatable bonds is 2. The maximum absolute atomic E-state index is 13.2. The van der Waals surface area contributed by atoms with E-state index in [4.69, 9.17) is 4.74 Å². The standard InChI is InChI=1S/C24H36N4O7S3/c1-6-16-21(30)28-20(14(4)5)24(33)35-15-9-7-8-10-36-37-38(34)12-17(22(31)25-16)26-23(32)19(13(2)3)27-18(29)11-15/h6-7,9,13-15,17,19-20,34H,8,10-12H2,1-5H3,(H3-,25,26,27,28,29,30,31,32)/p+1/b9-7+,16-6-/t15-,17-,19-,20+,38?/m1/s1. The second-order valence-electron chi connectivity index (χ2n) is 9.51. The Labute approximate surface area is 233 Å². The van der Waals surface area contributed by atoms with E-state index >= 15 is 0 Å². The molecule has 2 aliphatic heterocycles. The van der Waals surface area contributed by atoms with E-state index in [0.717, 1.165) is 0 Å². The molecule has 1 saturated heterocycles. The van der Waals surface area contributed by atoms with Crippen LogP contribution in [0.5, 0.6) is 0 Å². The van der Waals surface area contributed by atoms with Crippen LogP contribution in [0.4, 0.5) is 0 Å². The third kappa shape index (κ3) is 9.86. The molecule has 2 aliphatic rings. The Bertz CT molecular complexity index is 957. The largest absolute Gasteiger partial charge is 0.456 e. The van der Waals surface area contributed by atoms with Crippen LogP contribution in [0, 0.1) is 11.8 Å². The smallest absolute Gasteiger partial charge is 0.329 e. The molecule has 14 heteroatoms. The van der Waals surface area contributed by atoms with Crippen molar-refractivity contribution in [2.75, 3.05) is 11.5 Å². The Morgan fingerprint density at radius 3 is 2.34 bits per heavy atom. The van der Waals surface area contributed by atoms with Crippen molar-refractivity contribution in [1.29, 1.82) is 0 Å². The number of esters is 1. The maximum atomic E-state index is 13.2. The average Bonchev–Trinajstić information content (AvgIpc) is 2.83. The number of ether oxygens (including phenoxy) is 1. The van der Waals surface area contributed by atoms with Crippen LogP contribution in [0.25, 0.3) is 0 Å². The highest BCUT2D eigenvalue weighted by Gasteiger charge is 2.37. The summed E-state index contributed by atoms with van der Waals surface area (Å²) in [4.78, 5) is 65.5. The molecular weight excluding hydrogens is 552 g/mol. The van der Waals surface area contributed by atoms with Gasteiger partial charge in [-0.3, -0.25) is 19.2 Å². The first kappa shape index (κ1) is 32.1. The van der Waals surface area contributed by atoms with E-state index < -0.39 is 64.0 Å². The Morgan fingerprint density at radius 1 is 1.03 bits per heavy atom. The summed E-state index contributed by atoms with van der Waals surface area (Å²) in [5.74, 6) is -3.47. The predicted octanol–water partition coefficient (Wildman–Crippen LogP) is 1.44. The molecule has 0 radical (unpaired) electrons. The molecule has 38 heavy (non-hydrogen) atoms. The summed E-state index contributed by atoms with van der Waals surface area (Å²) in [7, 11) is 1.27. The van der Waals surface area contributed by atoms with Crippen molar-refractivity contribution in [3.05, 3.63) is 23.9 Å². The van der Waals surface area contributed by atoms with Crippen LogP contribution in [0.2, 0.25) is 0 Å². The van der Waals surface area contributed by atoms with Gasteiger partial charge in [-0.05, 0) is 42.1 Å². The zero-order chi connectivity index (χ0) is 28.4. The van der Waals surface area contributed by atoms with Crippen molar-refractivity contribution in [3.63, 3.8) is 0 Å². The highest BCUT2D eigenvalue weighted by Crippen LogP contribution is 2.30. The lowest BCUT2D eigenvalue weighted by atomic mass is 10.0. The molecule has 0 saturated carbocycles. The number of carbonyl (C=O) groups excluding carboxylic acids is 5. The normalized spacial score (nSPS) is 31.0. The minimum Gasteiger partial charge on any atom is -0.456 e. The number of hydrogen-bond donors (Lipinski definition) is 5. The third-order valence-electron chi connectivity index (χ3n) is 5.71. The molecule has 1 fully saturated rings. The summed E-state index contributed by atoms with van der Waals surface area (Å²) in [6, 6.07) is -3.23. The van der Waals surface area contributed by atoms with Gasteiger partial charge in [-0.2, -0.15) is 4.55 Å². The van der Waals surface area contributed by atoms with E-state index in [9.17, 15) is 28.5 Å². The Hall–Kier alpha value is -2.16. The Morgan fingerprint density at radius 2 is 1.71 bits per heavy atom. The summed E-state index contributed by atoms with van der Waals surface area (Å²) < 4.78 is 16.3. The van der Waals surface area contributed by atoms with Crippen LogP contribution in [-0.2, 0) is 38.9 Å². The van der Waals surface area contributed by atoms with Gasteiger partial charge in [0.2, 0.25) is 31.8 Å². The number of fused-ring (bicyclic) bond motifs is 7. The van der Waals surface area contributed by atoms with E-state index in [1.807, 2.05) is 0 Å². The van der Waals surface area contributed by atoms with E-state index in [-0.39, 0.29) is 29.7 Å². The first-order valence-corrected chi connectivity index (χ1v) is 16.6. The molecule has 5 N–H and O–H groups in total. The summed E-state index contributed by atoms with van der Waals surface area (Å²) in [5.41, 5.74) is -0.120.